The van der Waals surface area contributed by atoms with Crippen molar-refractivity contribution >= 4 is 28.9 Å². The Balaban J connectivity index is 2.37. The quantitative estimate of drug-likeness (QED) is 0.785. The van der Waals surface area contributed by atoms with Crippen molar-refractivity contribution in [2.45, 2.75) is 6.10 Å². The second-order valence-electron chi connectivity index (χ2n) is 3.01. The molecular weight excluding hydrogens is 252 g/mol. The third kappa shape index (κ3) is 1.95. The number of aliphatic hydroxyl groups excluding tert-OH is 1. The average Bonchev–Trinajstić information content (AvgIpc) is 2.84. The monoisotopic (exact) mass is 258 g/mol. The predicted molar refractivity (Wildman–Crippen MR) is 58.9 cm³/mol. The Labute approximate surface area is 99.3 Å². The zero-order valence-electron chi connectivity index (χ0n) is 7.85. The fraction of sp³-hybridized carbons (Fsp3) is 0.111. The average molecular weight is 259 g/mol. The number of halogens is 1. The molecule has 1 atom stereocenters. The van der Waals surface area contributed by atoms with Gasteiger partial charge < -0.3 is 15.2 Å². The molecule has 16 heavy (non-hydrogen) atoms. The predicted octanol–water partition coefficient (Wildman–Crippen LogP) is 1.90. The van der Waals surface area contributed by atoms with Crippen LogP contribution < -0.4 is 0 Å². The highest BCUT2D eigenvalue weighted by molar-refractivity contribution is 7.16. The summed E-state index contributed by atoms with van der Waals surface area (Å²) in [5.41, 5.74) is -0.0250. The van der Waals surface area contributed by atoms with Crippen molar-refractivity contribution in [2.75, 3.05) is 0 Å². The van der Waals surface area contributed by atoms with Crippen molar-refractivity contribution in [3.63, 3.8) is 0 Å². The Morgan fingerprint density at radius 1 is 1.56 bits per heavy atom. The van der Waals surface area contributed by atoms with Crippen LogP contribution in [0.2, 0.25) is 4.34 Å². The molecule has 0 aliphatic rings. The Bertz CT molecular complexity index is 522. The van der Waals surface area contributed by atoms with Crippen LogP contribution >= 0.6 is 22.9 Å². The first-order valence-electron chi connectivity index (χ1n) is 4.29. The van der Waals surface area contributed by atoms with Crippen molar-refractivity contribution in [3.8, 4) is 0 Å². The lowest BCUT2D eigenvalue weighted by Crippen LogP contribution is -2.07. The number of aliphatic hydroxyl groups is 1. The Morgan fingerprint density at radius 2 is 2.31 bits per heavy atom. The summed E-state index contributed by atoms with van der Waals surface area (Å²) in [6.07, 6.45) is 0.183. The maximum atomic E-state index is 10.8. The molecule has 0 saturated heterocycles. The summed E-state index contributed by atoms with van der Waals surface area (Å²) in [6, 6.07) is 3.28. The van der Waals surface area contributed by atoms with Gasteiger partial charge in [0.1, 0.15) is 6.10 Å². The Kier molecular flexibility index (Phi) is 2.95. The number of H-pyrrole nitrogens is 1. The molecule has 2 aromatic heterocycles. The molecule has 2 rings (SSSR count). The van der Waals surface area contributed by atoms with Gasteiger partial charge in [0.15, 0.2) is 5.69 Å². The molecule has 0 aliphatic heterocycles. The summed E-state index contributed by atoms with van der Waals surface area (Å²) in [7, 11) is 0. The molecule has 3 N–H and O–H groups in total. The molecule has 7 heteroatoms. The summed E-state index contributed by atoms with van der Waals surface area (Å²) in [6.45, 7) is 0. The van der Waals surface area contributed by atoms with Crippen LogP contribution in [-0.2, 0) is 0 Å². The van der Waals surface area contributed by atoms with E-state index in [0.717, 1.165) is 0 Å². The van der Waals surface area contributed by atoms with Crippen molar-refractivity contribution in [2.24, 2.45) is 0 Å². The lowest BCUT2D eigenvalue weighted by molar-refractivity contribution is 0.0685. The van der Waals surface area contributed by atoms with Crippen molar-refractivity contribution in [1.29, 1.82) is 0 Å². The van der Waals surface area contributed by atoms with E-state index >= 15 is 0 Å². The van der Waals surface area contributed by atoms with Gasteiger partial charge in [0.2, 0.25) is 0 Å². The molecule has 0 aromatic carbocycles. The minimum absolute atomic E-state index is 0.158. The number of carbonyl (C=O) groups is 1. The number of hydrogen-bond acceptors (Lipinski definition) is 4. The number of rotatable bonds is 3. The van der Waals surface area contributed by atoms with E-state index in [9.17, 15) is 9.90 Å². The maximum absolute atomic E-state index is 10.8. The number of hydrogen-bond donors (Lipinski definition) is 3. The minimum Gasteiger partial charge on any atom is -0.476 e. The SMILES string of the molecule is O=C(O)c1nc[nH]c1C(O)c1ccc(Cl)s1. The van der Waals surface area contributed by atoms with E-state index in [1.165, 1.54) is 17.7 Å². The molecule has 2 heterocycles. The standard InChI is InChI=1S/C9H7ClN2O3S/c10-5-2-1-4(16-5)8(13)6-7(9(14)15)12-3-11-6/h1-3,8,13H,(H,11,12)(H,14,15). The van der Waals surface area contributed by atoms with E-state index in [-0.39, 0.29) is 11.4 Å². The molecule has 84 valence electrons. The van der Waals surface area contributed by atoms with E-state index in [1.807, 2.05) is 0 Å². The van der Waals surface area contributed by atoms with Crippen molar-refractivity contribution in [3.05, 3.63) is 39.1 Å². The van der Waals surface area contributed by atoms with Crippen LogP contribution in [0.4, 0.5) is 0 Å². The van der Waals surface area contributed by atoms with E-state index in [2.05, 4.69) is 9.97 Å². The molecule has 0 amide bonds. The topological polar surface area (TPSA) is 86.2 Å². The molecule has 5 nitrogen and oxygen atoms in total. The number of nitrogens with zero attached hydrogens (tertiary/aromatic N) is 1. The lowest BCUT2D eigenvalue weighted by atomic mass is 10.2. The molecule has 0 saturated carbocycles. The normalized spacial score (nSPS) is 12.6. The third-order valence-corrected chi connectivity index (χ3v) is 3.29. The Morgan fingerprint density at radius 3 is 2.88 bits per heavy atom. The second-order valence-corrected chi connectivity index (χ2v) is 4.76. The molecule has 0 spiro atoms. The largest absolute Gasteiger partial charge is 0.476 e. The van der Waals surface area contributed by atoms with E-state index in [0.29, 0.717) is 9.21 Å². The molecular formula is C9H7ClN2O3S. The van der Waals surface area contributed by atoms with Crippen LogP contribution in [0.3, 0.4) is 0 Å². The van der Waals surface area contributed by atoms with Gasteiger partial charge >= 0.3 is 5.97 Å². The van der Waals surface area contributed by atoms with Gasteiger partial charge in [0, 0.05) is 4.88 Å². The molecule has 2 aromatic rings. The van der Waals surface area contributed by atoms with Gasteiger partial charge in [0.25, 0.3) is 0 Å². The number of aromatic carboxylic acids is 1. The number of carboxylic acids is 1. The third-order valence-electron chi connectivity index (χ3n) is 2.01. The second kappa shape index (κ2) is 4.25. The van der Waals surface area contributed by atoms with Crippen LogP contribution in [0.5, 0.6) is 0 Å². The van der Waals surface area contributed by atoms with Gasteiger partial charge in [-0.15, -0.1) is 11.3 Å². The number of aromatic amines is 1. The van der Waals surface area contributed by atoms with E-state index in [1.54, 1.807) is 12.1 Å². The smallest absolute Gasteiger partial charge is 0.356 e. The summed E-state index contributed by atoms with van der Waals surface area (Å²) in [4.78, 5) is 17.6. The van der Waals surface area contributed by atoms with Gasteiger partial charge in [-0.2, -0.15) is 0 Å². The fourth-order valence-electron chi connectivity index (χ4n) is 1.30. The number of aromatic nitrogens is 2. The zero-order chi connectivity index (χ0) is 11.7. The van der Waals surface area contributed by atoms with E-state index in [4.69, 9.17) is 16.7 Å². The van der Waals surface area contributed by atoms with Crippen LogP contribution in [0, 0.1) is 0 Å². The van der Waals surface area contributed by atoms with Crippen LogP contribution in [0.1, 0.15) is 27.2 Å². The molecule has 0 aliphatic carbocycles. The maximum Gasteiger partial charge on any atom is 0.356 e. The summed E-state index contributed by atoms with van der Waals surface area (Å²) < 4.78 is 0.533. The molecule has 0 radical (unpaired) electrons. The molecule has 0 bridgehead atoms. The Hall–Kier alpha value is -1.37. The van der Waals surface area contributed by atoms with Gasteiger partial charge in [-0.3, -0.25) is 0 Å². The summed E-state index contributed by atoms with van der Waals surface area (Å²) in [5.74, 6) is -1.18. The number of carboxylic acid groups (broad SMARTS) is 1. The number of nitrogens with one attached hydrogen (secondary N) is 1. The van der Waals surface area contributed by atoms with Gasteiger partial charge in [0.05, 0.1) is 16.4 Å². The summed E-state index contributed by atoms with van der Waals surface area (Å²) in [5, 5.41) is 18.8. The van der Waals surface area contributed by atoms with Crippen molar-refractivity contribution < 1.29 is 15.0 Å². The zero-order valence-corrected chi connectivity index (χ0v) is 9.42. The van der Waals surface area contributed by atoms with Crippen LogP contribution in [0.15, 0.2) is 18.5 Å². The van der Waals surface area contributed by atoms with Crippen LogP contribution in [0.25, 0.3) is 0 Å². The minimum atomic E-state index is -1.18. The number of thiophene rings is 1. The molecule has 1 unspecified atom stereocenters. The van der Waals surface area contributed by atoms with Gasteiger partial charge in [-0.05, 0) is 12.1 Å². The van der Waals surface area contributed by atoms with Gasteiger partial charge in [-0.1, -0.05) is 11.6 Å². The molecule has 0 fully saturated rings. The van der Waals surface area contributed by atoms with E-state index < -0.39 is 12.1 Å². The highest BCUT2D eigenvalue weighted by atomic mass is 35.5. The first-order valence-corrected chi connectivity index (χ1v) is 5.49. The lowest BCUT2D eigenvalue weighted by Gasteiger charge is -2.06. The van der Waals surface area contributed by atoms with Crippen LogP contribution in [-0.4, -0.2) is 26.2 Å². The highest BCUT2D eigenvalue weighted by Crippen LogP contribution is 2.31. The van der Waals surface area contributed by atoms with Crippen molar-refractivity contribution in [1.82, 2.24) is 9.97 Å². The highest BCUT2D eigenvalue weighted by Gasteiger charge is 2.22. The first-order chi connectivity index (χ1) is 7.59. The first kappa shape index (κ1) is 11.1. The summed E-state index contributed by atoms with van der Waals surface area (Å²) >= 11 is 6.92. The number of imidazole rings is 1. The fourth-order valence-corrected chi connectivity index (χ4v) is 2.36. The van der Waals surface area contributed by atoms with Gasteiger partial charge in [-0.25, -0.2) is 9.78 Å².